The van der Waals surface area contributed by atoms with Crippen LogP contribution >= 0.6 is 0 Å². The molecule has 1 aromatic rings. The summed E-state index contributed by atoms with van der Waals surface area (Å²) in [5.74, 6) is -0.0848. The van der Waals surface area contributed by atoms with E-state index in [1.165, 1.54) is 7.11 Å². The summed E-state index contributed by atoms with van der Waals surface area (Å²) in [6.07, 6.45) is 5.27. The predicted molar refractivity (Wildman–Crippen MR) is 104 cm³/mol. The summed E-state index contributed by atoms with van der Waals surface area (Å²) in [7, 11) is 1.44. The molecule has 142 valence electrons. The summed E-state index contributed by atoms with van der Waals surface area (Å²) in [4.78, 5) is 28.3. The molecule has 1 aliphatic heterocycles. The Morgan fingerprint density at radius 3 is 2.38 bits per heavy atom. The zero-order valence-electron chi connectivity index (χ0n) is 16.1. The molecule has 0 radical (unpaired) electrons. The number of hydrogen-bond acceptors (Lipinski definition) is 4. The van der Waals surface area contributed by atoms with E-state index in [4.69, 9.17) is 4.74 Å². The van der Waals surface area contributed by atoms with Crippen LogP contribution in [0.4, 0.5) is 0 Å². The molecule has 1 heterocycles. The highest BCUT2D eigenvalue weighted by Gasteiger charge is 2.28. The van der Waals surface area contributed by atoms with E-state index in [2.05, 4.69) is 4.90 Å². The Balaban J connectivity index is 1.71. The first-order chi connectivity index (χ1) is 12.4. The van der Waals surface area contributed by atoms with Crippen LogP contribution in [0, 0.1) is 5.41 Å². The Hall–Kier alpha value is -2.14. The summed E-state index contributed by atoms with van der Waals surface area (Å²) in [5.41, 5.74) is 0.599. The number of carbonyl (C=O) groups excluding carboxylic acids is 2. The van der Waals surface area contributed by atoms with Crippen molar-refractivity contribution in [2.45, 2.75) is 26.7 Å². The molecule has 0 atom stereocenters. The smallest absolute Gasteiger partial charge is 0.311 e. The van der Waals surface area contributed by atoms with Crippen molar-refractivity contribution in [1.29, 1.82) is 0 Å². The highest BCUT2D eigenvalue weighted by molar-refractivity contribution is 5.91. The molecular weight excluding hydrogens is 328 g/mol. The number of amides is 1. The van der Waals surface area contributed by atoms with E-state index >= 15 is 0 Å². The fourth-order valence-electron chi connectivity index (χ4n) is 3.15. The summed E-state index contributed by atoms with van der Waals surface area (Å²) in [6.45, 7) is 8.05. The molecule has 0 spiro atoms. The van der Waals surface area contributed by atoms with Crippen molar-refractivity contribution in [2.24, 2.45) is 5.41 Å². The predicted octanol–water partition coefficient (Wildman–Crippen LogP) is 2.82. The average molecular weight is 358 g/mol. The van der Waals surface area contributed by atoms with Crippen LogP contribution in [0.2, 0.25) is 0 Å². The van der Waals surface area contributed by atoms with Gasteiger partial charge in [-0.1, -0.05) is 30.3 Å². The van der Waals surface area contributed by atoms with Gasteiger partial charge in [0.25, 0.3) is 0 Å². The zero-order chi connectivity index (χ0) is 19.0. The molecule has 1 aromatic carbocycles. The molecule has 0 unspecified atom stereocenters. The fraction of sp³-hybridized carbons (Fsp3) is 0.524. The number of benzene rings is 1. The quantitative estimate of drug-likeness (QED) is 0.555. The molecule has 1 amide bonds. The van der Waals surface area contributed by atoms with Gasteiger partial charge in [0, 0.05) is 32.3 Å². The largest absolute Gasteiger partial charge is 0.469 e. The monoisotopic (exact) mass is 358 g/mol. The minimum Gasteiger partial charge on any atom is -0.469 e. The number of rotatable bonds is 7. The van der Waals surface area contributed by atoms with Crippen LogP contribution in [0.25, 0.3) is 6.08 Å². The number of esters is 1. The average Bonchev–Trinajstić information content (AvgIpc) is 2.66. The Bertz CT molecular complexity index is 617. The topological polar surface area (TPSA) is 49.9 Å². The maximum atomic E-state index is 12.3. The van der Waals surface area contributed by atoms with E-state index in [1.807, 2.05) is 55.2 Å². The van der Waals surface area contributed by atoms with Crippen molar-refractivity contribution in [3.63, 3.8) is 0 Å². The molecule has 2 rings (SSSR count). The second-order valence-corrected chi connectivity index (χ2v) is 7.39. The van der Waals surface area contributed by atoms with Gasteiger partial charge in [0.1, 0.15) is 0 Å². The van der Waals surface area contributed by atoms with Crippen molar-refractivity contribution in [3.8, 4) is 0 Å². The van der Waals surface area contributed by atoms with Gasteiger partial charge in [-0.05, 0) is 44.9 Å². The SMILES string of the molecule is COC(=O)C(C)(C)CCCN1CCN(C(=O)C=Cc2ccccc2)CC1. The molecular formula is C21H30N2O3. The van der Waals surface area contributed by atoms with Crippen LogP contribution < -0.4 is 0 Å². The Morgan fingerprint density at radius 2 is 1.77 bits per heavy atom. The molecule has 1 fully saturated rings. The van der Waals surface area contributed by atoms with Gasteiger partial charge in [0.2, 0.25) is 5.91 Å². The number of piperazine rings is 1. The lowest BCUT2D eigenvalue weighted by molar-refractivity contribution is -0.151. The van der Waals surface area contributed by atoms with Gasteiger partial charge >= 0.3 is 5.97 Å². The molecule has 1 aliphatic rings. The lowest BCUT2D eigenvalue weighted by atomic mass is 9.88. The molecule has 26 heavy (non-hydrogen) atoms. The third kappa shape index (κ3) is 5.99. The standard InChI is InChI=1S/C21H30N2O3/c1-21(2,20(25)26-3)12-7-13-22-14-16-23(17-15-22)19(24)11-10-18-8-5-4-6-9-18/h4-6,8-11H,7,12-17H2,1-3H3. The first kappa shape index (κ1) is 20.2. The van der Waals surface area contributed by atoms with Gasteiger partial charge in [-0.3, -0.25) is 14.5 Å². The van der Waals surface area contributed by atoms with E-state index in [0.29, 0.717) is 0 Å². The van der Waals surface area contributed by atoms with Crippen molar-refractivity contribution in [3.05, 3.63) is 42.0 Å². The van der Waals surface area contributed by atoms with E-state index in [9.17, 15) is 9.59 Å². The van der Waals surface area contributed by atoms with Crippen LogP contribution in [0.1, 0.15) is 32.3 Å². The minimum absolute atomic E-state index is 0.0697. The van der Waals surface area contributed by atoms with E-state index < -0.39 is 5.41 Å². The number of hydrogen-bond donors (Lipinski definition) is 0. The van der Waals surface area contributed by atoms with Crippen LogP contribution in [-0.2, 0) is 14.3 Å². The maximum absolute atomic E-state index is 12.3. The minimum atomic E-state index is -0.436. The van der Waals surface area contributed by atoms with Crippen LogP contribution in [0.3, 0.4) is 0 Å². The van der Waals surface area contributed by atoms with E-state index in [-0.39, 0.29) is 11.9 Å². The molecule has 0 N–H and O–H groups in total. The van der Waals surface area contributed by atoms with Crippen molar-refractivity contribution < 1.29 is 14.3 Å². The number of ether oxygens (including phenoxy) is 1. The third-order valence-electron chi connectivity index (χ3n) is 4.92. The number of carbonyl (C=O) groups is 2. The Morgan fingerprint density at radius 1 is 1.12 bits per heavy atom. The van der Waals surface area contributed by atoms with Crippen molar-refractivity contribution in [1.82, 2.24) is 9.80 Å². The van der Waals surface area contributed by atoms with Crippen LogP contribution in [-0.4, -0.2) is 61.5 Å². The Labute approximate surface area is 156 Å². The summed E-state index contributed by atoms with van der Waals surface area (Å²) >= 11 is 0. The van der Waals surface area contributed by atoms with E-state index in [0.717, 1.165) is 51.1 Å². The van der Waals surface area contributed by atoms with Crippen molar-refractivity contribution in [2.75, 3.05) is 39.8 Å². The highest BCUT2D eigenvalue weighted by atomic mass is 16.5. The molecule has 0 bridgehead atoms. The maximum Gasteiger partial charge on any atom is 0.311 e. The summed E-state index contributed by atoms with van der Waals surface area (Å²) in [6, 6.07) is 9.86. The van der Waals surface area contributed by atoms with Crippen LogP contribution in [0.5, 0.6) is 0 Å². The molecule has 1 saturated heterocycles. The fourth-order valence-corrected chi connectivity index (χ4v) is 3.15. The number of nitrogens with zero attached hydrogens (tertiary/aromatic N) is 2. The lowest BCUT2D eigenvalue weighted by Gasteiger charge is -2.34. The van der Waals surface area contributed by atoms with Gasteiger partial charge in [-0.2, -0.15) is 0 Å². The lowest BCUT2D eigenvalue weighted by Crippen LogP contribution is -2.48. The van der Waals surface area contributed by atoms with Crippen LogP contribution in [0.15, 0.2) is 36.4 Å². The normalized spacial score (nSPS) is 16.0. The molecule has 5 heteroatoms. The summed E-state index contributed by atoms with van der Waals surface area (Å²) in [5, 5.41) is 0. The number of methoxy groups -OCH3 is 1. The van der Waals surface area contributed by atoms with Gasteiger partial charge in [-0.25, -0.2) is 0 Å². The van der Waals surface area contributed by atoms with Crippen molar-refractivity contribution >= 4 is 18.0 Å². The first-order valence-corrected chi connectivity index (χ1v) is 9.25. The Kier molecular flexibility index (Phi) is 7.39. The molecule has 0 aromatic heterocycles. The molecule has 5 nitrogen and oxygen atoms in total. The molecule has 0 aliphatic carbocycles. The summed E-state index contributed by atoms with van der Waals surface area (Å²) < 4.78 is 4.85. The zero-order valence-corrected chi connectivity index (χ0v) is 16.1. The van der Waals surface area contributed by atoms with Gasteiger partial charge in [0.05, 0.1) is 12.5 Å². The van der Waals surface area contributed by atoms with Gasteiger partial charge in [0.15, 0.2) is 0 Å². The van der Waals surface area contributed by atoms with E-state index in [1.54, 1.807) is 6.08 Å². The third-order valence-corrected chi connectivity index (χ3v) is 4.92. The highest BCUT2D eigenvalue weighted by Crippen LogP contribution is 2.24. The second kappa shape index (κ2) is 9.53. The molecule has 0 saturated carbocycles. The second-order valence-electron chi connectivity index (χ2n) is 7.39. The first-order valence-electron chi connectivity index (χ1n) is 9.25. The van der Waals surface area contributed by atoms with Gasteiger partial charge in [-0.15, -0.1) is 0 Å². The van der Waals surface area contributed by atoms with Gasteiger partial charge < -0.3 is 9.64 Å².